The molecular formula is C25H50O2. The SMILES string of the molecule is CCCCCCC.CCCCCCCC/C=C\CCCCCCCC(=O)O. The van der Waals surface area contributed by atoms with Crippen LogP contribution in [0.3, 0.4) is 0 Å². The second kappa shape index (κ2) is 27.4. The molecular weight excluding hydrogens is 332 g/mol. The van der Waals surface area contributed by atoms with Gasteiger partial charge in [0, 0.05) is 6.42 Å². The molecule has 0 spiro atoms. The number of carboxylic acids is 1. The van der Waals surface area contributed by atoms with Crippen molar-refractivity contribution < 1.29 is 9.90 Å². The summed E-state index contributed by atoms with van der Waals surface area (Å²) in [6.07, 6.45) is 28.2. The van der Waals surface area contributed by atoms with Crippen LogP contribution in [0.5, 0.6) is 0 Å². The summed E-state index contributed by atoms with van der Waals surface area (Å²) in [6, 6.07) is 0. The first kappa shape index (κ1) is 28.4. The second-order valence-electron chi connectivity index (χ2n) is 7.79. The standard InChI is InChI=1S/C18H34O2.C7H16/c1-2-3-4-5-6-7-8-9-10-11-12-13-14-15-16-17-18(19)20;1-3-5-7-6-4-2/h9-10H,2-8,11-17H2,1H3,(H,19,20);3-7H2,1-2H3/b10-9-;. The summed E-state index contributed by atoms with van der Waals surface area (Å²) < 4.78 is 0. The van der Waals surface area contributed by atoms with Gasteiger partial charge in [0.25, 0.3) is 0 Å². The molecule has 0 radical (unpaired) electrons. The Morgan fingerprint density at radius 1 is 0.556 bits per heavy atom. The molecule has 0 aromatic rings. The molecule has 162 valence electrons. The fourth-order valence-electron chi connectivity index (χ4n) is 3.02. The van der Waals surface area contributed by atoms with E-state index in [0.29, 0.717) is 6.42 Å². The highest BCUT2D eigenvalue weighted by atomic mass is 16.4. The lowest BCUT2D eigenvalue weighted by Gasteiger charge is -1.99. The summed E-state index contributed by atoms with van der Waals surface area (Å²) >= 11 is 0. The van der Waals surface area contributed by atoms with Gasteiger partial charge in [-0.15, -0.1) is 0 Å². The first-order valence-electron chi connectivity index (χ1n) is 12.1. The molecule has 0 aromatic heterocycles. The molecule has 0 heterocycles. The molecule has 27 heavy (non-hydrogen) atoms. The molecule has 0 aliphatic rings. The lowest BCUT2D eigenvalue weighted by Crippen LogP contribution is -1.93. The van der Waals surface area contributed by atoms with E-state index in [1.54, 1.807) is 0 Å². The summed E-state index contributed by atoms with van der Waals surface area (Å²) in [7, 11) is 0. The van der Waals surface area contributed by atoms with Gasteiger partial charge in [0.2, 0.25) is 0 Å². The molecule has 0 saturated heterocycles. The molecule has 0 aliphatic heterocycles. The van der Waals surface area contributed by atoms with Crippen LogP contribution in [-0.4, -0.2) is 11.1 Å². The fraction of sp³-hybridized carbons (Fsp3) is 0.880. The van der Waals surface area contributed by atoms with E-state index < -0.39 is 5.97 Å². The van der Waals surface area contributed by atoms with E-state index >= 15 is 0 Å². The van der Waals surface area contributed by atoms with Crippen molar-refractivity contribution in [1.29, 1.82) is 0 Å². The summed E-state index contributed by atoms with van der Waals surface area (Å²) in [5.41, 5.74) is 0. The first-order chi connectivity index (χ1) is 13.2. The molecule has 0 bridgehead atoms. The van der Waals surface area contributed by atoms with Gasteiger partial charge < -0.3 is 5.11 Å². The summed E-state index contributed by atoms with van der Waals surface area (Å²) in [4.78, 5) is 10.3. The quantitative estimate of drug-likeness (QED) is 0.179. The third-order valence-electron chi connectivity index (χ3n) is 4.86. The predicted octanol–water partition coefficient (Wildman–Crippen LogP) is 9.09. The van der Waals surface area contributed by atoms with Gasteiger partial charge in [0.05, 0.1) is 0 Å². The zero-order chi connectivity index (χ0) is 20.4. The molecule has 2 nitrogen and oxygen atoms in total. The monoisotopic (exact) mass is 382 g/mol. The van der Waals surface area contributed by atoms with Crippen molar-refractivity contribution in [1.82, 2.24) is 0 Å². The van der Waals surface area contributed by atoms with Crippen molar-refractivity contribution in [3.63, 3.8) is 0 Å². The Kier molecular flexibility index (Phi) is 28.9. The van der Waals surface area contributed by atoms with Gasteiger partial charge in [0.15, 0.2) is 0 Å². The summed E-state index contributed by atoms with van der Waals surface area (Å²) in [5.74, 6) is -0.664. The molecule has 0 fully saturated rings. The van der Waals surface area contributed by atoms with Crippen molar-refractivity contribution in [3.05, 3.63) is 12.2 Å². The largest absolute Gasteiger partial charge is 0.481 e. The molecule has 0 aromatic carbocycles. The van der Waals surface area contributed by atoms with Crippen LogP contribution < -0.4 is 0 Å². The fourth-order valence-corrected chi connectivity index (χ4v) is 3.02. The molecule has 0 saturated carbocycles. The van der Waals surface area contributed by atoms with Gasteiger partial charge in [0.1, 0.15) is 0 Å². The molecule has 0 unspecified atom stereocenters. The van der Waals surface area contributed by atoms with Crippen molar-refractivity contribution in [2.24, 2.45) is 0 Å². The highest BCUT2D eigenvalue weighted by molar-refractivity contribution is 5.66. The average molecular weight is 383 g/mol. The van der Waals surface area contributed by atoms with E-state index in [2.05, 4.69) is 32.9 Å². The number of aliphatic carboxylic acids is 1. The van der Waals surface area contributed by atoms with Crippen molar-refractivity contribution in [2.45, 2.75) is 143 Å². The van der Waals surface area contributed by atoms with Gasteiger partial charge in [-0.1, -0.05) is 116 Å². The van der Waals surface area contributed by atoms with Crippen LogP contribution in [0.15, 0.2) is 12.2 Å². The lowest BCUT2D eigenvalue weighted by molar-refractivity contribution is -0.137. The zero-order valence-corrected chi connectivity index (χ0v) is 18.9. The summed E-state index contributed by atoms with van der Waals surface area (Å²) in [6.45, 7) is 6.75. The molecule has 1 N–H and O–H groups in total. The van der Waals surface area contributed by atoms with E-state index in [0.717, 1.165) is 12.8 Å². The Morgan fingerprint density at radius 2 is 0.889 bits per heavy atom. The van der Waals surface area contributed by atoms with E-state index in [1.807, 2.05) is 0 Å². The minimum atomic E-state index is -0.664. The maximum absolute atomic E-state index is 10.3. The number of carbonyl (C=O) groups is 1. The topological polar surface area (TPSA) is 37.3 Å². The van der Waals surface area contributed by atoms with Gasteiger partial charge >= 0.3 is 5.97 Å². The van der Waals surface area contributed by atoms with E-state index in [4.69, 9.17) is 5.11 Å². The highest BCUT2D eigenvalue weighted by Gasteiger charge is 1.95. The molecule has 0 atom stereocenters. The van der Waals surface area contributed by atoms with Crippen LogP contribution >= 0.6 is 0 Å². The smallest absolute Gasteiger partial charge is 0.303 e. The van der Waals surface area contributed by atoms with Crippen LogP contribution in [0.25, 0.3) is 0 Å². The first-order valence-corrected chi connectivity index (χ1v) is 12.1. The number of carboxylic acid groups (broad SMARTS) is 1. The minimum Gasteiger partial charge on any atom is -0.481 e. The Balaban J connectivity index is 0. The maximum Gasteiger partial charge on any atom is 0.303 e. The van der Waals surface area contributed by atoms with E-state index in [-0.39, 0.29) is 0 Å². The van der Waals surface area contributed by atoms with Crippen molar-refractivity contribution in [2.75, 3.05) is 0 Å². The van der Waals surface area contributed by atoms with Crippen LogP contribution in [-0.2, 0) is 4.79 Å². The van der Waals surface area contributed by atoms with Gasteiger partial charge in [-0.25, -0.2) is 0 Å². The number of rotatable bonds is 19. The third kappa shape index (κ3) is 33.2. The Hall–Kier alpha value is -0.790. The Morgan fingerprint density at radius 3 is 1.30 bits per heavy atom. The van der Waals surface area contributed by atoms with E-state index in [1.165, 1.54) is 103 Å². The molecule has 0 aliphatic carbocycles. The average Bonchev–Trinajstić information content (AvgIpc) is 2.65. The zero-order valence-electron chi connectivity index (χ0n) is 18.9. The van der Waals surface area contributed by atoms with E-state index in [9.17, 15) is 4.79 Å². The highest BCUT2D eigenvalue weighted by Crippen LogP contribution is 2.09. The van der Waals surface area contributed by atoms with Gasteiger partial charge in [-0.05, 0) is 32.1 Å². The number of hydrogen-bond donors (Lipinski definition) is 1. The number of hydrogen-bond acceptors (Lipinski definition) is 1. The van der Waals surface area contributed by atoms with Crippen molar-refractivity contribution >= 4 is 5.97 Å². The van der Waals surface area contributed by atoms with Crippen LogP contribution in [0, 0.1) is 0 Å². The second-order valence-corrected chi connectivity index (χ2v) is 7.79. The van der Waals surface area contributed by atoms with Crippen LogP contribution in [0.2, 0.25) is 0 Å². The Bertz CT molecular complexity index is 293. The molecule has 0 rings (SSSR count). The summed E-state index contributed by atoms with van der Waals surface area (Å²) in [5, 5.41) is 8.51. The third-order valence-corrected chi connectivity index (χ3v) is 4.86. The maximum atomic E-state index is 10.3. The lowest BCUT2D eigenvalue weighted by atomic mass is 10.1. The van der Waals surface area contributed by atoms with Crippen LogP contribution in [0.1, 0.15) is 143 Å². The number of allylic oxidation sites excluding steroid dienone is 2. The van der Waals surface area contributed by atoms with Gasteiger partial charge in [-0.2, -0.15) is 0 Å². The molecule has 0 amide bonds. The normalized spacial score (nSPS) is 10.8. The van der Waals surface area contributed by atoms with Crippen molar-refractivity contribution in [3.8, 4) is 0 Å². The predicted molar refractivity (Wildman–Crippen MR) is 122 cm³/mol. The minimum absolute atomic E-state index is 0.332. The Labute approximate surface area is 171 Å². The van der Waals surface area contributed by atoms with Crippen LogP contribution in [0.4, 0.5) is 0 Å². The molecule has 2 heteroatoms. The number of unbranched alkanes of at least 4 members (excludes halogenated alkanes) is 15. The van der Waals surface area contributed by atoms with Gasteiger partial charge in [-0.3, -0.25) is 4.79 Å².